The lowest BCUT2D eigenvalue weighted by molar-refractivity contribution is -0.138. The summed E-state index contributed by atoms with van der Waals surface area (Å²) in [7, 11) is 3.89. The van der Waals surface area contributed by atoms with Crippen LogP contribution in [0.1, 0.15) is 58.3 Å². The highest BCUT2D eigenvalue weighted by Gasteiger charge is 1.95. The molecule has 0 aliphatic rings. The van der Waals surface area contributed by atoms with Gasteiger partial charge in [0.25, 0.3) is 0 Å². The standard InChI is InChI=1S/C24H39NO2/c1-4-5-6-7-8-9-10-11-12-13-14-15-16-17-18-19-20-21-24(26)27-23-22-25(2)3/h12-21H,4-11,22-23H2,1-3H3. The normalized spacial score (nSPS) is 12.7. The van der Waals surface area contributed by atoms with Crippen LogP contribution in [0.15, 0.2) is 60.8 Å². The molecule has 0 N–H and O–H groups in total. The summed E-state index contributed by atoms with van der Waals surface area (Å²) in [6, 6.07) is 0. The topological polar surface area (TPSA) is 29.5 Å². The van der Waals surface area contributed by atoms with Gasteiger partial charge in [0.1, 0.15) is 6.61 Å². The lowest BCUT2D eigenvalue weighted by Crippen LogP contribution is -2.19. The molecule has 0 aromatic carbocycles. The Kier molecular flexibility index (Phi) is 19.0. The van der Waals surface area contributed by atoms with E-state index < -0.39 is 0 Å². The first-order chi connectivity index (χ1) is 13.2. The van der Waals surface area contributed by atoms with Crippen molar-refractivity contribution in [1.82, 2.24) is 4.90 Å². The van der Waals surface area contributed by atoms with Gasteiger partial charge in [-0.3, -0.25) is 0 Å². The van der Waals surface area contributed by atoms with E-state index in [2.05, 4.69) is 19.1 Å². The number of carbonyl (C=O) groups excluding carboxylic acids is 1. The maximum absolute atomic E-state index is 11.4. The molecule has 0 heterocycles. The predicted molar refractivity (Wildman–Crippen MR) is 118 cm³/mol. The zero-order chi connectivity index (χ0) is 20.0. The number of carbonyl (C=O) groups is 1. The molecule has 0 fully saturated rings. The Morgan fingerprint density at radius 2 is 1.33 bits per heavy atom. The molecule has 152 valence electrons. The van der Waals surface area contributed by atoms with Crippen LogP contribution in [0, 0.1) is 0 Å². The van der Waals surface area contributed by atoms with Crippen LogP contribution in [0.2, 0.25) is 0 Å². The molecule has 0 aliphatic heterocycles. The van der Waals surface area contributed by atoms with Crippen LogP contribution in [0.4, 0.5) is 0 Å². The van der Waals surface area contributed by atoms with Gasteiger partial charge < -0.3 is 9.64 Å². The average Bonchev–Trinajstić information content (AvgIpc) is 2.64. The first-order valence-corrected chi connectivity index (χ1v) is 10.3. The average molecular weight is 374 g/mol. The number of unbranched alkanes of at least 4 members (excludes halogenated alkanes) is 7. The Labute approximate surface area is 167 Å². The van der Waals surface area contributed by atoms with E-state index in [-0.39, 0.29) is 5.97 Å². The third kappa shape index (κ3) is 22.1. The summed E-state index contributed by atoms with van der Waals surface area (Å²) in [6.45, 7) is 3.41. The molecule has 3 nitrogen and oxygen atoms in total. The van der Waals surface area contributed by atoms with E-state index in [0.29, 0.717) is 6.61 Å². The molecule has 0 aliphatic carbocycles. The van der Waals surface area contributed by atoms with Crippen molar-refractivity contribution in [3.8, 4) is 0 Å². The van der Waals surface area contributed by atoms with Crippen molar-refractivity contribution >= 4 is 5.97 Å². The van der Waals surface area contributed by atoms with Crippen LogP contribution in [0.3, 0.4) is 0 Å². The summed E-state index contributed by atoms with van der Waals surface area (Å²) in [4.78, 5) is 13.4. The van der Waals surface area contributed by atoms with Crippen LogP contribution < -0.4 is 0 Å². The summed E-state index contributed by atoms with van der Waals surface area (Å²) >= 11 is 0. The zero-order valence-corrected chi connectivity index (χ0v) is 17.6. The fourth-order valence-corrected chi connectivity index (χ4v) is 2.29. The second-order valence-electron chi connectivity index (χ2n) is 6.82. The van der Waals surface area contributed by atoms with Crippen LogP contribution in [0.25, 0.3) is 0 Å². The number of hydrogen-bond acceptors (Lipinski definition) is 3. The molecule has 0 atom stereocenters. The van der Waals surface area contributed by atoms with Crippen molar-refractivity contribution in [3.63, 3.8) is 0 Å². The van der Waals surface area contributed by atoms with Crippen molar-refractivity contribution in [2.45, 2.75) is 58.3 Å². The summed E-state index contributed by atoms with van der Waals surface area (Å²) in [5.41, 5.74) is 0. The summed E-state index contributed by atoms with van der Waals surface area (Å²) in [6.07, 6.45) is 29.8. The molecule has 0 aromatic rings. The SMILES string of the molecule is CCCCCCCCCC=CC=CC=CC=CC=CC(=O)OCCN(C)C. The molecule has 0 bridgehead atoms. The van der Waals surface area contributed by atoms with E-state index in [1.54, 1.807) is 6.08 Å². The van der Waals surface area contributed by atoms with E-state index in [1.165, 1.54) is 51.0 Å². The van der Waals surface area contributed by atoms with Crippen molar-refractivity contribution in [3.05, 3.63) is 60.8 Å². The van der Waals surface area contributed by atoms with Crippen LogP contribution in [-0.4, -0.2) is 38.1 Å². The van der Waals surface area contributed by atoms with Crippen LogP contribution in [-0.2, 0) is 9.53 Å². The third-order valence-corrected chi connectivity index (χ3v) is 3.90. The van der Waals surface area contributed by atoms with Gasteiger partial charge in [-0.05, 0) is 26.9 Å². The highest BCUT2D eigenvalue weighted by atomic mass is 16.5. The van der Waals surface area contributed by atoms with E-state index in [1.807, 2.05) is 55.5 Å². The van der Waals surface area contributed by atoms with Gasteiger partial charge in [0, 0.05) is 12.6 Å². The first kappa shape index (κ1) is 25.1. The maximum atomic E-state index is 11.4. The van der Waals surface area contributed by atoms with Gasteiger partial charge in [-0.15, -0.1) is 0 Å². The number of hydrogen-bond donors (Lipinski definition) is 0. The number of ether oxygens (including phenoxy) is 1. The van der Waals surface area contributed by atoms with E-state index >= 15 is 0 Å². The molecule has 0 rings (SSSR count). The highest BCUT2D eigenvalue weighted by molar-refractivity contribution is 5.82. The third-order valence-electron chi connectivity index (χ3n) is 3.90. The van der Waals surface area contributed by atoms with Crippen LogP contribution >= 0.6 is 0 Å². The van der Waals surface area contributed by atoms with Crippen LogP contribution in [0.5, 0.6) is 0 Å². The fourth-order valence-electron chi connectivity index (χ4n) is 2.29. The summed E-state index contributed by atoms with van der Waals surface area (Å²) < 4.78 is 5.04. The van der Waals surface area contributed by atoms with Gasteiger partial charge >= 0.3 is 5.97 Å². The Morgan fingerprint density at radius 3 is 1.96 bits per heavy atom. The molecular weight excluding hydrogens is 334 g/mol. The summed E-state index contributed by atoms with van der Waals surface area (Å²) in [5, 5.41) is 0. The van der Waals surface area contributed by atoms with E-state index in [4.69, 9.17) is 4.74 Å². The van der Waals surface area contributed by atoms with Crippen molar-refractivity contribution in [2.75, 3.05) is 27.2 Å². The van der Waals surface area contributed by atoms with Crippen molar-refractivity contribution < 1.29 is 9.53 Å². The van der Waals surface area contributed by atoms with Gasteiger partial charge in [-0.2, -0.15) is 0 Å². The largest absolute Gasteiger partial charge is 0.461 e. The van der Waals surface area contributed by atoms with E-state index in [0.717, 1.165) is 13.0 Å². The lowest BCUT2D eigenvalue weighted by Gasteiger charge is -2.08. The van der Waals surface area contributed by atoms with Crippen molar-refractivity contribution in [1.29, 1.82) is 0 Å². The molecule has 0 saturated heterocycles. The first-order valence-electron chi connectivity index (χ1n) is 10.3. The molecule has 0 saturated carbocycles. The molecule has 0 radical (unpaired) electrons. The molecule has 27 heavy (non-hydrogen) atoms. The molecule has 3 heteroatoms. The minimum absolute atomic E-state index is 0.309. The molecule has 0 aromatic heterocycles. The van der Waals surface area contributed by atoms with Gasteiger partial charge in [-0.1, -0.05) is 100 Å². The maximum Gasteiger partial charge on any atom is 0.330 e. The minimum Gasteiger partial charge on any atom is -0.461 e. The minimum atomic E-state index is -0.309. The zero-order valence-electron chi connectivity index (χ0n) is 17.6. The number of esters is 1. The predicted octanol–water partition coefficient (Wildman–Crippen LogP) is 6.01. The van der Waals surface area contributed by atoms with Gasteiger partial charge in [-0.25, -0.2) is 4.79 Å². The highest BCUT2D eigenvalue weighted by Crippen LogP contribution is 2.08. The molecular formula is C24H39NO2. The number of allylic oxidation sites excluding steroid dienone is 9. The quantitative estimate of drug-likeness (QED) is 0.143. The van der Waals surface area contributed by atoms with E-state index in [9.17, 15) is 4.79 Å². The second kappa shape index (κ2) is 20.4. The van der Waals surface area contributed by atoms with Gasteiger partial charge in [0.15, 0.2) is 0 Å². The Morgan fingerprint density at radius 1 is 0.778 bits per heavy atom. The Hall–Kier alpha value is -1.87. The Balaban J connectivity index is 3.64. The second-order valence-corrected chi connectivity index (χ2v) is 6.82. The summed E-state index contributed by atoms with van der Waals surface area (Å²) in [5.74, 6) is -0.309. The van der Waals surface area contributed by atoms with Crippen molar-refractivity contribution in [2.24, 2.45) is 0 Å². The molecule has 0 spiro atoms. The molecule has 0 unspecified atom stereocenters. The number of rotatable bonds is 16. The number of likely N-dealkylation sites (N-methyl/N-ethyl adjacent to an activating group) is 1. The lowest BCUT2D eigenvalue weighted by atomic mass is 10.1. The Bertz CT molecular complexity index is 485. The van der Waals surface area contributed by atoms with Gasteiger partial charge in [0.05, 0.1) is 0 Å². The monoisotopic (exact) mass is 373 g/mol. The number of nitrogens with zero attached hydrogens (tertiary/aromatic N) is 1. The smallest absolute Gasteiger partial charge is 0.330 e. The fraction of sp³-hybridized carbons (Fsp3) is 0.542. The molecule has 0 amide bonds. The van der Waals surface area contributed by atoms with Gasteiger partial charge in [0.2, 0.25) is 0 Å².